The van der Waals surface area contributed by atoms with Gasteiger partial charge in [0, 0.05) is 10.6 Å². The van der Waals surface area contributed by atoms with E-state index in [1.165, 1.54) is 0 Å². The van der Waals surface area contributed by atoms with E-state index < -0.39 is 0 Å². The zero-order chi connectivity index (χ0) is 10.9. The van der Waals surface area contributed by atoms with E-state index in [2.05, 4.69) is 5.32 Å². The molecule has 0 bridgehead atoms. The summed E-state index contributed by atoms with van der Waals surface area (Å²) in [6, 6.07) is 7.11. The molecule has 0 radical (unpaired) electrons. The molecule has 0 atom stereocenters. The summed E-state index contributed by atoms with van der Waals surface area (Å²) in [6.45, 7) is 0. The third-order valence-corrected chi connectivity index (χ3v) is 3.48. The lowest BCUT2D eigenvalue weighted by Crippen LogP contribution is -2.55. The average Bonchev–Trinajstić information content (AvgIpc) is 2.18. The quantitative estimate of drug-likeness (QED) is 0.799. The van der Waals surface area contributed by atoms with Crippen LogP contribution < -0.4 is 5.32 Å². The second kappa shape index (κ2) is 3.95. The first kappa shape index (κ1) is 10.7. The molecule has 3 heteroatoms. The third-order valence-electron chi connectivity index (χ3n) is 3.23. The SMILES string of the molecule is CNC1(C(=O)c2ccc(Cl)cc2)CCC1. The van der Waals surface area contributed by atoms with Gasteiger partial charge in [-0.15, -0.1) is 0 Å². The molecule has 0 amide bonds. The molecule has 1 aliphatic rings. The third kappa shape index (κ3) is 1.80. The lowest BCUT2D eigenvalue weighted by Gasteiger charge is -2.40. The maximum atomic E-state index is 12.2. The van der Waals surface area contributed by atoms with Crippen LogP contribution in [0.15, 0.2) is 24.3 Å². The molecule has 1 fully saturated rings. The molecule has 1 aliphatic carbocycles. The summed E-state index contributed by atoms with van der Waals surface area (Å²) in [5, 5.41) is 3.81. The van der Waals surface area contributed by atoms with Crippen LogP contribution in [0.3, 0.4) is 0 Å². The number of likely N-dealkylation sites (N-methyl/N-ethyl adjacent to an activating group) is 1. The predicted octanol–water partition coefficient (Wildman–Crippen LogP) is 2.66. The highest BCUT2D eigenvalue weighted by Crippen LogP contribution is 2.34. The van der Waals surface area contributed by atoms with E-state index in [9.17, 15) is 4.79 Å². The first-order chi connectivity index (χ1) is 7.18. The number of ketones is 1. The van der Waals surface area contributed by atoms with Gasteiger partial charge in [-0.05, 0) is 50.6 Å². The van der Waals surface area contributed by atoms with Gasteiger partial charge in [0.1, 0.15) is 0 Å². The molecule has 2 nitrogen and oxygen atoms in total. The number of nitrogens with one attached hydrogen (secondary N) is 1. The Hall–Kier alpha value is -0.860. The van der Waals surface area contributed by atoms with Crippen molar-refractivity contribution >= 4 is 17.4 Å². The summed E-state index contributed by atoms with van der Waals surface area (Å²) < 4.78 is 0. The van der Waals surface area contributed by atoms with Crippen molar-refractivity contribution in [1.82, 2.24) is 5.32 Å². The molecule has 1 aromatic rings. The second-order valence-corrected chi connectivity index (χ2v) is 4.46. The Morgan fingerprint density at radius 2 is 1.93 bits per heavy atom. The molecule has 1 N–H and O–H groups in total. The van der Waals surface area contributed by atoms with Crippen LogP contribution in [0.25, 0.3) is 0 Å². The van der Waals surface area contributed by atoms with Gasteiger partial charge in [0.25, 0.3) is 0 Å². The van der Waals surface area contributed by atoms with Gasteiger partial charge in [0.15, 0.2) is 5.78 Å². The van der Waals surface area contributed by atoms with Gasteiger partial charge in [-0.1, -0.05) is 11.6 Å². The number of carbonyl (C=O) groups is 1. The topological polar surface area (TPSA) is 29.1 Å². The predicted molar refractivity (Wildman–Crippen MR) is 61.4 cm³/mol. The minimum Gasteiger partial charge on any atom is -0.308 e. The van der Waals surface area contributed by atoms with Crippen LogP contribution in [-0.4, -0.2) is 18.4 Å². The van der Waals surface area contributed by atoms with Crippen molar-refractivity contribution in [2.24, 2.45) is 0 Å². The minimum absolute atomic E-state index is 0.188. The molecule has 1 saturated carbocycles. The van der Waals surface area contributed by atoms with Crippen molar-refractivity contribution < 1.29 is 4.79 Å². The molecule has 0 aromatic heterocycles. The zero-order valence-electron chi connectivity index (χ0n) is 8.72. The van der Waals surface area contributed by atoms with Crippen molar-refractivity contribution in [2.75, 3.05) is 7.05 Å². The van der Waals surface area contributed by atoms with Crippen LogP contribution in [0.4, 0.5) is 0 Å². The number of hydrogen-bond acceptors (Lipinski definition) is 2. The Morgan fingerprint density at radius 1 is 1.33 bits per heavy atom. The van der Waals surface area contributed by atoms with Crippen LogP contribution in [-0.2, 0) is 0 Å². The minimum atomic E-state index is -0.312. The molecule has 2 rings (SSSR count). The highest BCUT2D eigenvalue weighted by molar-refractivity contribution is 6.30. The molecule has 0 unspecified atom stereocenters. The lowest BCUT2D eigenvalue weighted by atomic mass is 9.72. The van der Waals surface area contributed by atoms with Crippen molar-refractivity contribution in [2.45, 2.75) is 24.8 Å². The number of hydrogen-bond donors (Lipinski definition) is 1. The van der Waals surface area contributed by atoms with Crippen LogP contribution in [0.5, 0.6) is 0 Å². The normalized spacial score (nSPS) is 18.3. The van der Waals surface area contributed by atoms with Crippen molar-refractivity contribution in [3.05, 3.63) is 34.9 Å². The maximum Gasteiger partial charge on any atom is 0.182 e. The number of carbonyl (C=O) groups excluding carboxylic acids is 1. The number of halogens is 1. The van der Waals surface area contributed by atoms with Crippen molar-refractivity contribution in [3.63, 3.8) is 0 Å². The Bertz CT molecular complexity index is 362. The Kier molecular flexibility index (Phi) is 2.81. The molecule has 80 valence electrons. The van der Waals surface area contributed by atoms with Crippen molar-refractivity contribution in [3.8, 4) is 0 Å². The van der Waals surface area contributed by atoms with E-state index in [0.29, 0.717) is 5.02 Å². The first-order valence-electron chi connectivity index (χ1n) is 5.17. The van der Waals surface area contributed by atoms with Gasteiger partial charge in [-0.3, -0.25) is 4.79 Å². The first-order valence-corrected chi connectivity index (χ1v) is 5.55. The largest absolute Gasteiger partial charge is 0.308 e. The lowest BCUT2D eigenvalue weighted by molar-refractivity contribution is 0.0745. The van der Waals surface area contributed by atoms with E-state index >= 15 is 0 Å². The Labute approximate surface area is 94.6 Å². The molecule has 0 saturated heterocycles. The molecule has 0 aliphatic heterocycles. The van der Waals surface area contributed by atoms with Gasteiger partial charge in [-0.2, -0.15) is 0 Å². The molecule has 0 heterocycles. The molecular formula is C12H14ClNO. The summed E-state index contributed by atoms with van der Waals surface area (Å²) in [4.78, 5) is 12.2. The van der Waals surface area contributed by atoms with Crippen molar-refractivity contribution in [1.29, 1.82) is 0 Å². The summed E-state index contributed by atoms with van der Waals surface area (Å²) in [5.41, 5.74) is 0.432. The standard InChI is InChI=1S/C12H14ClNO/c1-14-12(7-2-8-12)11(15)9-3-5-10(13)6-4-9/h3-6,14H,2,7-8H2,1H3. The summed E-state index contributed by atoms with van der Waals surface area (Å²) in [7, 11) is 1.85. The molecule has 15 heavy (non-hydrogen) atoms. The number of Topliss-reactive ketones (excluding diaryl/α,β-unsaturated/α-hetero) is 1. The van der Waals surface area contributed by atoms with Gasteiger partial charge in [-0.25, -0.2) is 0 Å². The number of benzene rings is 1. The Balaban J connectivity index is 2.24. The summed E-state index contributed by atoms with van der Waals surface area (Å²) in [5.74, 6) is 0.188. The average molecular weight is 224 g/mol. The van der Waals surface area contributed by atoms with Crippen LogP contribution in [0.1, 0.15) is 29.6 Å². The van der Waals surface area contributed by atoms with E-state index in [0.717, 1.165) is 24.8 Å². The van der Waals surface area contributed by atoms with Crippen LogP contribution >= 0.6 is 11.6 Å². The highest BCUT2D eigenvalue weighted by atomic mass is 35.5. The zero-order valence-corrected chi connectivity index (χ0v) is 9.47. The second-order valence-electron chi connectivity index (χ2n) is 4.02. The van der Waals surface area contributed by atoms with Gasteiger partial charge in [0.05, 0.1) is 5.54 Å². The van der Waals surface area contributed by atoms with Crippen LogP contribution in [0.2, 0.25) is 5.02 Å². The van der Waals surface area contributed by atoms with Gasteiger partial charge >= 0.3 is 0 Å². The summed E-state index contributed by atoms with van der Waals surface area (Å²) >= 11 is 5.79. The summed E-state index contributed by atoms with van der Waals surface area (Å²) in [6.07, 6.45) is 3.00. The smallest absolute Gasteiger partial charge is 0.182 e. The van der Waals surface area contributed by atoms with Gasteiger partial charge < -0.3 is 5.32 Å². The fraction of sp³-hybridized carbons (Fsp3) is 0.417. The highest BCUT2D eigenvalue weighted by Gasteiger charge is 2.42. The van der Waals surface area contributed by atoms with E-state index in [-0.39, 0.29) is 11.3 Å². The number of rotatable bonds is 3. The maximum absolute atomic E-state index is 12.2. The monoisotopic (exact) mass is 223 g/mol. The molecular weight excluding hydrogens is 210 g/mol. The van der Waals surface area contributed by atoms with E-state index in [4.69, 9.17) is 11.6 Å². The van der Waals surface area contributed by atoms with E-state index in [1.807, 2.05) is 7.05 Å². The van der Waals surface area contributed by atoms with Crippen LogP contribution in [0, 0.1) is 0 Å². The fourth-order valence-corrected chi connectivity index (χ4v) is 2.12. The molecule has 0 spiro atoms. The fourth-order valence-electron chi connectivity index (χ4n) is 2.00. The van der Waals surface area contributed by atoms with Gasteiger partial charge in [0.2, 0.25) is 0 Å². The molecule has 1 aromatic carbocycles. The Morgan fingerprint density at radius 3 is 2.33 bits per heavy atom. The van der Waals surface area contributed by atoms with E-state index in [1.54, 1.807) is 24.3 Å².